The number of hydrogen-bond acceptors (Lipinski definition) is 4. The smallest absolute Gasteiger partial charge is 0.243 e. The first-order valence-corrected chi connectivity index (χ1v) is 8.23. The lowest BCUT2D eigenvalue weighted by atomic mass is 9.97. The van der Waals surface area contributed by atoms with Crippen molar-refractivity contribution < 1.29 is 4.79 Å². The summed E-state index contributed by atoms with van der Waals surface area (Å²) < 4.78 is 2.11. The number of fused-ring (bicyclic) bond motifs is 1. The predicted molar refractivity (Wildman–Crippen MR) is 101 cm³/mol. The molecule has 0 radical (unpaired) electrons. The Kier molecular flexibility index (Phi) is 6.08. The number of hydrogen-bond donors (Lipinski definition) is 1. The van der Waals surface area contributed by atoms with E-state index in [1.807, 2.05) is 35.2 Å². The van der Waals surface area contributed by atoms with Gasteiger partial charge in [-0.2, -0.15) is 0 Å². The van der Waals surface area contributed by atoms with Crippen LogP contribution in [0.25, 0.3) is 11.4 Å². The first kappa shape index (κ1) is 19.7. The molecule has 0 unspecified atom stereocenters. The molecule has 25 heavy (non-hydrogen) atoms. The fraction of sp³-hybridized carbons (Fsp3) is 0.471. The van der Waals surface area contributed by atoms with E-state index in [0.29, 0.717) is 19.6 Å². The second-order valence-corrected chi connectivity index (χ2v) is 6.55. The molecule has 0 atom stereocenters. The van der Waals surface area contributed by atoms with Gasteiger partial charge < -0.3 is 15.2 Å². The van der Waals surface area contributed by atoms with Crippen LogP contribution in [0.4, 0.5) is 0 Å². The minimum Gasteiger partial charge on any atom is -0.332 e. The van der Waals surface area contributed by atoms with Gasteiger partial charge in [-0.25, -0.2) is 0 Å². The minimum atomic E-state index is -0.662. The molecule has 1 aliphatic heterocycles. The Balaban J connectivity index is 0.00000113. The van der Waals surface area contributed by atoms with Gasteiger partial charge in [0, 0.05) is 18.7 Å². The summed E-state index contributed by atoms with van der Waals surface area (Å²) in [7, 11) is 0. The van der Waals surface area contributed by atoms with E-state index in [0.717, 1.165) is 42.9 Å². The molecule has 1 saturated carbocycles. The molecule has 1 aliphatic carbocycles. The maximum Gasteiger partial charge on any atom is 0.243 e. The fourth-order valence-corrected chi connectivity index (χ4v) is 3.67. The maximum absolute atomic E-state index is 12.8. The largest absolute Gasteiger partial charge is 0.332 e. The number of halogens is 2. The van der Waals surface area contributed by atoms with Crippen LogP contribution < -0.4 is 5.73 Å². The monoisotopic (exact) mass is 383 g/mol. The number of benzene rings is 1. The molecule has 136 valence electrons. The highest BCUT2D eigenvalue weighted by Crippen LogP contribution is 2.30. The highest BCUT2D eigenvalue weighted by atomic mass is 35.5. The first-order chi connectivity index (χ1) is 11.2. The molecule has 2 N–H and O–H groups in total. The summed E-state index contributed by atoms with van der Waals surface area (Å²) in [5.74, 6) is 1.78. The molecule has 1 amide bonds. The van der Waals surface area contributed by atoms with Crippen LogP contribution in [0.1, 0.15) is 31.5 Å². The lowest BCUT2D eigenvalue weighted by Crippen LogP contribution is -2.55. The molecular formula is C17H23Cl2N5O. The van der Waals surface area contributed by atoms with Crippen molar-refractivity contribution >= 4 is 30.7 Å². The van der Waals surface area contributed by atoms with Crippen LogP contribution in [0, 0.1) is 0 Å². The molecule has 6 nitrogen and oxygen atoms in total. The summed E-state index contributed by atoms with van der Waals surface area (Å²) in [6.07, 6.45) is 3.68. The third-order valence-corrected chi connectivity index (χ3v) is 4.99. The van der Waals surface area contributed by atoms with Gasteiger partial charge in [-0.3, -0.25) is 4.79 Å². The molecule has 2 heterocycles. The van der Waals surface area contributed by atoms with E-state index in [-0.39, 0.29) is 30.7 Å². The van der Waals surface area contributed by atoms with Crippen LogP contribution in [0.5, 0.6) is 0 Å². The Morgan fingerprint density at radius 2 is 1.72 bits per heavy atom. The van der Waals surface area contributed by atoms with Gasteiger partial charge in [0.15, 0.2) is 11.6 Å². The average Bonchev–Trinajstić information content (AvgIpc) is 3.21. The molecule has 2 aromatic rings. The summed E-state index contributed by atoms with van der Waals surface area (Å²) in [5.41, 5.74) is 6.71. The Morgan fingerprint density at radius 1 is 1.04 bits per heavy atom. The van der Waals surface area contributed by atoms with E-state index in [2.05, 4.69) is 14.8 Å². The minimum absolute atomic E-state index is 0. The third kappa shape index (κ3) is 3.52. The highest BCUT2D eigenvalue weighted by molar-refractivity contribution is 5.86. The number of nitrogens with zero attached hydrogens (tertiary/aromatic N) is 4. The quantitative estimate of drug-likeness (QED) is 0.863. The summed E-state index contributed by atoms with van der Waals surface area (Å²) in [6, 6.07) is 10.0. The molecule has 1 aromatic carbocycles. The number of amides is 1. The van der Waals surface area contributed by atoms with Crippen LogP contribution >= 0.6 is 24.8 Å². The van der Waals surface area contributed by atoms with E-state index in [9.17, 15) is 4.79 Å². The SMILES string of the molecule is Cl.Cl.NC1(C(=O)N2CCn3c(nnc3-c3ccccc3)C2)CCCC1. The normalized spacial score (nSPS) is 18.0. The van der Waals surface area contributed by atoms with E-state index >= 15 is 0 Å². The molecule has 1 aromatic heterocycles. The van der Waals surface area contributed by atoms with E-state index in [1.165, 1.54) is 0 Å². The van der Waals surface area contributed by atoms with E-state index in [1.54, 1.807) is 0 Å². The Morgan fingerprint density at radius 3 is 2.40 bits per heavy atom. The Labute approximate surface area is 159 Å². The van der Waals surface area contributed by atoms with E-state index in [4.69, 9.17) is 5.73 Å². The predicted octanol–water partition coefficient (Wildman–Crippen LogP) is 2.40. The molecule has 0 saturated heterocycles. The van der Waals surface area contributed by atoms with Gasteiger partial charge in [0.1, 0.15) is 0 Å². The first-order valence-electron chi connectivity index (χ1n) is 8.23. The van der Waals surface area contributed by atoms with Gasteiger partial charge in [-0.05, 0) is 12.8 Å². The maximum atomic E-state index is 12.8. The number of carbonyl (C=O) groups excluding carboxylic acids is 1. The van der Waals surface area contributed by atoms with Gasteiger partial charge >= 0.3 is 0 Å². The average molecular weight is 384 g/mol. The Bertz CT molecular complexity index is 728. The van der Waals surface area contributed by atoms with Gasteiger partial charge in [0.2, 0.25) is 5.91 Å². The number of nitrogens with two attached hydrogens (primary N) is 1. The van der Waals surface area contributed by atoms with Crippen molar-refractivity contribution in [2.45, 2.75) is 44.3 Å². The molecular weight excluding hydrogens is 361 g/mol. The van der Waals surface area contributed by atoms with Crippen LogP contribution in [-0.4, -0.2) is 37.7 Å². The van der Waals surface area contributed by atoms with Gasteiger partial charge in [0.05, 0.1) is 12.1 Å². The van der Waals surface area contributed by atoms with Crippen molar-refractivity contribution in [2.24, 2.45) is 5.73 Å². The van der Waals surface area contributed by atoms with Crippen LogP contribution in [0.3, 0.4) is 0 Å². The number of carbonyl (C=O) groups is 1. The number of aromatic nitrogens is 3. The van der Waals surface area contributed by atoms with Crippen molar-refractivity contribution in [1.82, 2.24) is 19.7 Å². The number of rotatable bonds is 2. The zero-order valence-electron chi connectivity index (χ0n) is 13.9. The van der Waals surface area contributed by atoms with E-state index < -0.39 is 5.54 Å². The van der Waals surface area contributed by atoms with Crippen molar-refractivity contribution in [2.75, 3.05) is 6.54 Å². The molecule has 2 aliphatic rings. The summed E-state index contributed by atoms with van der Waals surface area (Å²) in [6.45, 7) is 1.88. The lowest BCUT2D eigenvalue weighted by molar-refractivity contribution is -0.138. The summed E-state index contributed by atoms with van der Waals surface area (Å²) in [4.78, 5) is 14.6. The van der Waals surface area contributed by atoms with Crippen molar-refractivity contribution in [3.05, 3.63) is 36.2 Å². The van der Waals surface area contributed by atoms with Crippen LogP contribution in [0.15, 0.2) is 30.3 Å². The fourth-order valence-electron chi connectivity index (χ4n) is 3.67. The molecule has 0 bridgehead atoms. The topological polar surface area (TPSA) is 77.0 Å². The Hall–Kier alpha value is -1.63. The van der Waals surface area contributed by atoms with Crippen molar-refractivity contribution in [3.8, 4) is 11.4 Å². The van der Waals surface area contributed by atoms with Crippen LogP contribution in [-0.2, 0) is 17.9 Å². The molecule has 4 rings (SSSR count). The molecule has 8 heteroatoms. The van der Waals surface area contributed by atoms with Crippen molar-refractivity contribution in [1.29, 1.82) is 0 Å². The van der Waals surface area contributed by atoms with Gasteiger partial charge in [0.25, 0.3) is 0 Å². The zero-order chi connectivity index (χ0) is 15.9. The summed E-state index contributed by atoms with van der Waals surface area (Å²) in [5, 5.41) is 8.61. The van der Waals surface area contributed by atoms with Crippen LogP contribution in [0.2, 0.25) is 0 Å². The standard InChI is InChI=1S/C17H21N5O.2ClH/c18-17(8-4-5-9-17)16(23)21-10-11-22-14(12-21)19-20-15(22)13-6-2-1-3-7-13;;/h1-3,6-7H,4-5,8-12,18H2;2*1H. The highest BCUT2D eigenvalue weighted by Gasteiger charge is 2.41. The van der Waals surface area contributed by atoms with Gasteiger partial charge in [-0.1, -0.05) is 43.2 Å². The van der Waals surface area contributed by atoms with Crippen molar-refractivity contribution in [3.63, 3.8) is 0 Å². The van der Waals surface area contributed by atoms with Gasteiger partial charge in [-0.15, -0.1) is 35.0 Å². The second-order valence-electron chi connectivity index (χ2n) is 6.55. The zero-order valence-corrected chi connectivity index (χ0v) is 15.6. The second kappa shape index (κ2) is 7.72. The summed E-state index contributed by atoms with van der Waals surface area (Å²) >= 11 is 0. The molecule has 0 spiro atoms. The third-order valence-electron chi connectivity index (χ3n) is 4.99. The lowest BCUT2D eigenvalue weighted by Gasteiger charge is -2.34. The molecule has 1 fully saturated rings.